The Morgan fingerprint density at radius 3 is 2.46 bits per heavy atom. The number of hydrogen-bond donors (Lipinski definition) is 1. The van der Waals surface area contributed by atoms with Crippen LogP contribution in [0.2, 0.25) is 0 Å². The molecule has 1 aliphatic carbocycles. The van der Waals surface area contributed by atoms with Gasteiger partial charge in [0.2, 0.25) is 21.8 Å². The van der Waals surface area contributed by atoms with Crippen LogP contribution in [0.4, 0.5) is 5.69 Å². The van der Waals surface area contributed by atoms with E-state index in [1.807, 2.05) is 31.2 Å². The molecule has 0 saturated heterocycles. The molecule has 2 amide bonds. The first kappa shape index (κ1) is 28.5. The maximum Gasteiger partial charge on any atom is 0.242 e. The SMILES string of the molecule is COc1cccc(N(CCCC(=O)N(Cc2ccccc2C)C(C)C(=O)NC2CCCC2)S(C)(=O)=O)c1. The number of anilines is 1. The average molecular weight is 530 g/mol. The molecule has 0 aromatic heterocycles. The van der Waals surface area contributed by atoms with E-state index in [-0.39, 0.29) is 30.8 Å². The first-order chi connectivity index (χ1) is 17.6. The fourth-order valence-electron chi connectivity index (χ4n) is 4.72. The van der Waals surface area contributed by atoms with E-state index >= 15 is 0 Å². The predicted molar refractivity (Wildman–Crippen MR) is 146 cm³/mol. The van der Waals surface area contributed by atoms with E-state index in [9.17, 15) is 18.0 Å². The summed E-state index contributed by atoms with van der Waals surface area (Å²) < 4.78 is 31.6. The van der Waals surface area contributed by atoms with E-state index in [1.165, 1.54) is 11.4 Å². The number of carbonyl (C=O) groups is 2. The number of methoxy groups -OCH3 is 1. The van der Waals surface area contributed by atoms with Crippen molar-refractivity contribution in [3.8, 4) is 5.75 Å². The van der Waals surface area contributed by atoms with Crippen LogP contribution in [0.5, 0.6) is 5.75 Å². The number of hydrogen-bond acceptors (Lipinski definition) is 5. The largest absolute Gasteiger partial charge is 0.497 e. The monoisotopic (exact) mass is 529 g/mol. The molecule has 0 aliphatic heterocycles. The number of nitrogens with one attached hydrogen (secondary N) is 1. The van der Waals surface area contributed by atoms with Gasteiger partial charge in [0.15, 0.2) is 0 Å². The van der Waals surface area contributed by atoms with E-state index in [0.717, 1.165) is 43.1 Å². The predicted octanol–water partition coefficient (Wildman–Crippen LogP) is 4.03. The summed E-state index contributed by atoms with van der Waals surface area (Å²) in [6, 6.07) is 14.2. The molecule has 3 rings (SSSR count). The van der Waals surface area contributed by atoms with Crippen LogP contribution in [-0.2, 0) is 26.2 Å². The standard InChI is InChI=1S/C28H39N3O5S/c1-21-11-5-6-12-23(21)20-30(22(2)28(33)29-24-13-7-8-14-24)27(32)17-10-18-31(37(4,34)35)25-15-9-16-26(19-25)36-3/h5-6,9,11-12,15-16,19,22,24H,7-8,10,13-14,17-18,20H2,1-4H3,(H,29,33). The summed E-state index contributed by atoms with van der Waals surface area (Å²) in [7, 11) is -2.05. The van der Waals surface area contributed by atoms with Gasteiger partial charge in [-0.25, -0.2) is 8.42 Å². The van der Waals surface area contributed by atoms with Crippen molar-refractivity contribution >= 4 is 27.5 Å². The Hall–Kier alpha value is -3.07. The van der Waals surface area contributed by atoms with Crippen molar-refractivity contribution in [2.45, 2.75) is 71.0 Å². The average Bonchev–Trinajstić information content (AvgIpc) is 3.38. The van der Waals surface area contributed by atoms with E-state index in [4.69, 9.17) is 4.74 Å². The van der Waals surface area contributed by atoms with Gasteiger partial charge in [0.05, 0.1) is 19.1 Å². The van der Waals surface area contributed by atoms with E-state index in [0.29, 0.717) is 24.4 Å². The smallest absolute Gasteiger partial charge is 0.242 e. The molecule has 1 saturated carbocycles. The van der Waals surface area contributed by atoms with Crippen LogP contribution in [0, 0.1) is 6.92 Å². The van der Waals surface area contributed by atoms with Crippen LogP contribution in [0.3, 0.4) is 0 Å². The normalized spacial score (nSPS) is 14.7. The number of carbonyl (C=O) groups excluding carboxylic acids is 2. The highest BCUT2D eigenvalue weighted by Crippen LogP contribution is 2.24. The number of nitrogens with zero attached hydrogens (tertiary/aromatic N) is 2. The van der Waals surface area contributed by atoms with Crippen molar-refractivity contribution < 1.29 is 22.7 Å². The summed E-state index contributed by atoms with van der Waals surface area (Å²) in [4.78, 5) is 28.2. The summed E-state index contributed by atoms with van der Waals surface area (Å²) in [6.07, 6.45) is 5.72. The van der Waals surface area contributed by atoms with Gasteiger partial charge in [0.25, 0.3) is 0 Å². The Morgan fingerprint density at radius 2 is 1.81 bits per heavy atom. The minimum Gasteiger partial charge on any atom is -0.497 e. The van der Waals surface area contributed by atoms with Crippen molar-refractivity contribution in [1.82, 2.24) is 10.2 Å². The van der Waals surface area contributed by atoms with Gasteiger partial charge in [-0.15, -0.1) is 0 Å². The molecule has 2 aromatic carbocycles. The lowest BCUT2D eigenvalue weighted by atomic mass is 10.1. The Morgan fingerprint density at radius 1 is 1.11 bits per heavy atom. The van der Waals surface area contributed by atoms with E-state index < -0.39 is 16.1 Å². The highest BCUT2D eigenvalue weighted by atomic mass is 32.2. The van der Waals surface area contributed by atoms with Gasteiger partial charge >= 0.3 is 0 Å². The number of ether oxygens (including phenoxy) is 1. The highest BCUT2D eigenvalue weighted by Gasteiger charge is 2.29. The Bertz CT molecular complexity index is 1180. The van der Waals surface area contributed by atoms with Crippen LogP contribution >= 0.6 is 0 Å². The second kappa shape index (κ2) is 12.9. The first-order valence-electron chi connectivity index (χ1n) is 12.9. The lowest BCUT2D eigenvalue weighted by molar-refractivity contribution is -0.141. The molecule has 37 heavy (non-hydrogen) atoms. The van der Waals surface area contributed by atoms with Gasteiger partial charge in [-0.05, 0) is 56.4 Å². The van der Waals surface area contributed by atoms with Gasteiger partial charge in [-0.3, -0.25) is 13.9 Å². The molecule has 8 nitrogen and oxygen atoms in total. The van der Waals surface area contributed by atoms with Crippen molar-refractivity contribution in [1.29, 1.82) is 0 Å². The number of benzene rings is 2. The number of sulfonamides is 1. The maximum atomic E-state index is 13.5. The zero-order valence-electron chi connectivity index (χ0n) is 22.3. The second-order valence-electron chi connectivity index (χ2n) is 9.75. The molecule has 1 aliphatic rings. The molecule has 1 unspecified atom stereocenters. The van der Waals surface area contributed by atoms with Gasteiger partial charge in [0.1, 0.15) is 11.8 Å². The Kier molecular flexibility index (Phi) is 9.97. The zero-order valence-corrected chi connectivity index (χ0v) is 23.1. The summed E-state index contributed by atoms with van der Waals surface area (Å²) in [5, 5.41) is 3.11. The molecule has 1 atom stereocenters. The quantitative estimate of drug-likeness (QED) is 0.448. The Labute approximate surface area is 221 Å². The fourth-order valence-corrected chi connectivity index (χ4v) is 5.67. The van der Waals surface area contributed by atoms with Crippen molar-refractivity contribution in [3.05, 3.63) is 59.7 Å². The number of amides is 2. The molecular formula is C28H39N3O5S. The molecule has 1 N–H and O–H groups in total. The second-order valence-corrected chi connectivity index (χ2v) is 11.7. The molecule has 202 valence electrons. The molecule has 0 heterocycles. The topological polar surface area (TPSA) is 96.0 Å². The van der Waals surface area contributed by atoms with Gasteiger partial charge in [-0.2, -0.15) is 0 Å². The summed E-state index contributed by atoms with van der Waals surface area (Å²) in [6.45, 7) is 4.20. The van der Waals surface area contributed by atoms with Crippen LogP contribution in [0.1, 0.15) is 56.6 Å². The van der Waals surface area contributed by atoms with Gasteiger partial charge < -0.3 is 15.0 Å². The molecular weight excluding hydrogens is 490 g/mol. The third-order valence-corrected chi connectivity index (χ3v) is 8.16. The van der Waals surface area contributed by atoms with Crippen LogP contribution in [-0.4, -0.2) is 57.1 Å². The Balaban J connectivity index is 1.73. The van der Waals surface area contributed by atoms with E-state index in [1.54, 1.807) is 36.1 Å². The van der Waals surface area contributed by atoms with Crippen LogP contribution < -0.4 is 14.4 Å². The highest BCUT2D eigenvalue weighted by molar-refractivity contribution is 7.92. The minimum atomic E-state index is -3.57. The van der Waals surface area contributed by atoms with E-state index in [2.05, 4.69) is 5.32 Å². The first-order valence-corrected chi connectivity index (χ1v) is 14.7. The molecule has 1 fully saturated rings. The number of rotatable bonds is 12. The van der Waals surface area contributed by atoms with Gasteiger partial charge in [-0.1, -0.05) is 43.2 Å². The third kappa shape index (κ3) is 7.95. The van der Waals surface area contributed by atoms with Crippen LogP contribution in [0.25, 0.3) is 0 Å². The van der Waals surface area contributed by atoms with Gasteiger partial charge in [0, 0.05) is 31.6 Å². The lowest BCUT2D eigenvalue weighted by Crippen LogP contribution is -2.49. The zero-order chi connectivity index (χ0) is 27.0. The van der Waals surface area contributed by atoms with Crippen molar-refractivity contribution in [2.75, 3.05) is 24.2 Å². The molecule has 0 bridgehead atoms. The molecule has 0 radical (unpaired) electrons. The van der Waals surface area contributed by atoms with Crippen LogP contribution in [0.15, 0.2) is 48.5 Å². The summed E-state index contributed by atoms with van der Waals surface area (Å²) >= 11 is 0. The minimum absolute atomic E-state index is 0.114. The van der Waals surface area contributed by atoms with Crippen molar-refractivity contribution in [2.24, 2.45) is 0 Å². The fraction of sp³-hybridized carbons (Fsp3) is 0.500. The molecule has 0 spiro atoms. The summed E-state index contributed by atoms with van der Waals surface area (Å²) in [5.41, 5.74) is 2.51. The number of aryl methyl sites for hydroxylation is 1. The maximum absolute atomic E-state index is 13.5. The summed E-state index contributed by atoms with van der Waals surface area (Å²) in [5.74, 6) is 0.216. The molecule has 9 heteroatoms. The third-order valence-electron chi connectivity index (χ3n) is 6.96. The lowest BCUT2D eigenvalue weighted by Gasteiger charge is -2.30. The van der Waals surface area contributed by atoms with Crippen molar-refractivity contribution in [3.63, 3.8) is 0 Å². The molecule has 2 aromatic rings.